The molecule has 0 aliphatic carbocycles. The fraction of sp³-hybridized carbons (Fsp3) is 0.500. The average molecular weight is 243 g/mol. The summed E-state index contributed by atoms with van der Waals surface area (Å²) in [7, 11) is -0.956. The summed E-state index contributed by atoms with van der Waals surface area (Å²) in [5.41, 5.74) is 1.36. The first-order chi connectivity index (χ1) is 7.22. The molecule has 1 unspecified atom stereocenters. The van der Waals surface area contributed by atoms with Crippen molar-refractivity contribution in [1.82, 2.24) is 0 Å². The summed E-state index contributed by atoms with van der Waals surface area (Å²) in [5.74, 6) is 0.609. The van der Waals surface area contributed by atoms with Crippen LogP contribution in [-0.2, 0) is 10.8 Å². The van der Waals surface area contributed by atoms with Crippen molar-refractivity contribution in [3.63, 3.8) is 0 Å². The molecule has 1 rings (SSSR count). The van der Waals surface area contributed by atoms with Crippen molar-refractivity contribution in [3.05, 3.63) is 35.9 Å². The van der Waals surface area contributed by atoms with Crippen LogP contribution in [0.2, 0.25) is 13.1 Å². The Balaban J connectivity index is 2.34. The maximum absolute atomic E-state index is 5.88. The molecule has 0 aromatic heterocycles. The van der Waals surface area contributed by atoms with Crippen molar-refractivity contribution in [2.24, 2.45) is 0 Å². The van der Waals surface area contributed by atoms with E-state index in [-0.39, 0.29) is 6.10 Å². The smallest absolute Gasteiger partial charge is 0.171 e. The first-order valence-corrected chi connectivity index (χ1v) is 8.79. The van der Waals surface area contributed by atoms with E-state index < -0.39 is 9.04 Å². The molecule has 0 aliphatic rings. The van der Waals surface area contributed by atoms with Gasteiger partial charge in [-0.15, -0.1) is 11.6 Å². The highest BCUT2D eigenvalue weighted by Gasteiger charge is 2.09. The highest BCUT2D eigenvalue weighted by Crippen LogP contribution is 2.09. The third-order valence-electron chi connectivity index (χ3n) is 2.23. The van der Waals surface area contributed by atoms with Gasteiger partial charge in [0.1, 0.15) is 0 Å². The van der Waals surface area contributed by atoms with E-state index in [9.17, 15) is 0 Å². The Morgan fingerprint density at radius 3 is 2.47 bits per heavy atom. The summed E-state index contributed by atoms with van der Waals surface area (Å²) in [6.07, 6.45) is 2.32. The summed E-state index contributed by atoms with van der Waals surface area (Å²) in [6, 6.07) is 10.5. The lowest BCUT2D eigenvalue weighted by Crippen LogP contribution is -2.22. The number of hydrogen-bond acceptors (Lipinski definition) is 1. The fourth-order valence-electron chi connectivity index (χ4n) is 1.54. The molecule has 0 spiro atoms. The van der Waals surface area contributed by atoms with Gasteiger partial charge in [-0.2, -0.15) is 0 Å². The van der Waals surface area contributed by atoms with Crippen LogP contribution in [0.3, 0.4) is 0 Å². The Hall–Kier alpha value is -0.313. The third-order valence-corrected chi connectivity index (χ3v) is 3.51. The van der Waals surface area contributed by atoms with Crippen LogP contribution in [0.5, 0.6) is 0 Å². The third kappa shape index (κ3) is 5.35. The zero-order valence-corrected chi connectivity index (χ0v) is 11.4. The van der Waals surface area contributed by atoms with Gasteiger partial charge >= 0.3 is 0 Å². The molecule has 0 saturated heterocycles. The monoisotopic (exact) mass is 242 g/mol. The van der Waals surface area contributed by atoms with Crippen LogP contribution in [0.1, 0.15) is 12.0 Å². The fourth-order valence-corrected chi connectivity index (χ4v) is 2.89. The summed E-state index contributed by atoms with van der Waals surface area (Å²) in [5, 5.41) is 0. The molecule has 1 nitrogen and oxygen atoms in total. The van der Waals surface area contributed by atoms with Gasteiger partial charge < -0.3 is 4.43 Å². The number of alkyl halides is 1. The first kappa shape index (κ1) is 12.8. The standard InChI is InChI=1S/C12H19ClOSi/c1-15(2)14-12(10-13)9-8-11-6-4-3-5-7-11/h3-7,12,15H,8-10H2,1-2H3. The minimum Gasteiger partial charge on any atom is -0.416 e. The van der Waals surface area contributed by atoms with Crippen LogP contribution in [0, 0.1) is 0 Å². The zero-order chi connectivity index (χ0) is 11.1. The van der Waals surface area contributed by atoms with E-state index in [1.807, 2.05) is 6.07 Å². The highest BCUT2D eigenvalue weighted by molar-refractivity contribution is 6.48. The Morgan fingerprint density at radius 1 is 1.27 bits per heavy atom. The lowest BCUT2D eigenvalue weighted by molar-refractivity contribution is 0.218. The largest absolute Gasteiger partial charge is 0.416 e. The molecule has 0 bridgehead atoms. The van der Waals surface area contributed by atoms with Gasteiger partial charge in [0, 0.05) is 5.88 Å². The highest BCUT2D eigenvalue weighted by atomic mass is 35.5. The number of rotatable bonds is 6. The van der Waals surface area contributed by atoms with Gasteiger partial charge in [-0.05, 0) is 31.5 Å². The van der Waals surface area contributed by atoms with Gasteiger partial charge in [-0.25, -0.2) is 0 Å². The van der Waals surface area contributed by atoms with E-state index in [1.54, 1.807) is 0 Å². The topological polar surface area (TPSA) is 9.23 Å². The summed E-state index contributed by atoms with van der Waals surface area (Å²) >= 11 is 5.88. The second-order valence-corrected chi connectivity index (χ2v) is 6.66. The first-order valence-electron chi connectivity index (χ1n) is 5.47. The van der Waals surface area contributed by atoms with Crippen LogP contribution in [0.15, 0.2) is 30.3 Å². The Bertz CT molecular complexity index is 264. The van der Waals surface area contributed by atoms with Crippen LogP contribution in [0.25, 0.3) is 0 Å². The molecule has 0 aliphatic heterocycles. The van der Waals surface area contributed by atoms with Gasteiger partial charge in [0.2, 0.25) is 0 Å². The summed E-state index contributed by atoms with van der Waals surface area (Å²) in [4.78, 5) is 0. The minimum absolute atomic E-state index is 0.235. The number of halogens is 1. The zero-order valence-electron chi connectivity index (χ0n) is 9.45. The van der Waals surface area contributed by atoms with Crippen LogP contribution < -0.4 is 0 Å². The van der Waals surface area contributed by atoms with Gasteiger partial charge in [-0.3, -0.25) is 0 Å². The average Bonchev–Trinajstić information content (AvgIpc) is 2.25. The molecule has 0 amide bonds. The lowest BCUT2D eigenvalue weighted by Gasteiger charge is -2.17. The summed E-state index contributed by atoms with van der Waals surface area (Å²) < 4.78 is 5.83. The maximum atomic E-state index is 5.88. The van der Waals surface area contributed by atoms with Gasteiger partial charge in [0.25, 0.3) is 0 Å². The molecule has 1 atom stereocenters. The SMILES string of the molecule is C[SiH](C)OC(CCl)CCc1ccccc1. The Kier molecular flexibility index (Phi) is 5.99. The van der Waals surface area contributed by atoms with E-state index in [1.165, 1.54) is 5.56 Å². The minimum atomic E-state index is -0.956. The maximum Gasteiger partial charge on any atom is 0.171 e. The molecule has 84 valence electrons. The van der Waals surface area contributed by atoms with Crippen LogP contribution in [-0.4, -0.2) is 21.0 Å². The molecule has 1 aromatic carbocycles. The van der Waals surface area contributed by atoms with Gasteiger partial charge in [-0.1, -0.05) is 30.3 Å². The van der Waals surface area contributed by atoms with Gasteiger partial charge in [0.05, 0.1) is 6.10 Å². The van der Waals surface area contributed by atoms with Crippen LogP contribution >= 0.6 is 11.6 Å². The number of aryl methyl sites for hydroxylation is 1. The van der Waals surface area contributed by atoms with E-state index >= 15 is 0 Å². The lowest BCUT2D eigenvalue weighted by atomic mass is 10.1. The second-order valence-electron chi connectivity index (χ2n) is 3.99. The molecular formula is C12H19ClOSi. The van der Waals surface area contributed by atoms with Gasteiger partial charge in [0.15, 0.2) is 9.04 Å². The van der Waals surface area contributed by atoms with E-state index in [0.29, 0.717) is 5.88 Å². The van der Waals surface area contributed by atoms with E-state index in [4.69, 9.17) is 16.0 Å². The van der Waals surface area contributed by atoms with E-state index in [2.05, 4.69) is 37.4 Å². The molecule has 1 aromatic rings. The van der Waals surface area contributed by atoms with Crippen molar-refractivity contribution in [3.8, 4) is 0 Å². The predicted octanol–water partition coefficient (Wildman–Crippen LogP) is 3.23. The molecular weight excluding hydrogens is 224 g/mol. The molecule has 0 radical (unpaired) electrons. The van der Waals surface area contributed by atoms with Crippen molar-refractivity contribution < 1.29 is 4.43 Å². The quantitative estimate of drug-likeness (QED) is 0.550. The van der Waals surface area contributed by atoms with Crippen molar-refractivity contribution in [2.75, 3.05) is 5.88 Å². The second kappa shape index (κ2) is 7.04. The number of benzene rings is 1. The molecule has 3 heteroatoms. The molecule has 0 N–H and O–H groups in total. The number of hydrogen-bond donors (Lipinski definition) is 0. The molecule has 0 heterocycles. The normalized spacial score (nSPS) is 13.1. The van der Waals surface area contributed by atoms with Crippen molar-refractivity contribution in [2.45, 2.75) is 32.0 Å². The summed E-state index contributed by atoms with van der Waals surface area (Å²) in [6.45, 7) is 4.37. The molecule has 0 saturated carbocycles. The predicted molar refractivity (Wildman–Crippen MR) is 69.2 cm³/mol. The van der Waals surface area contributed by atoms with E-state index in [0.717, 1.165) is 12.8 Å². The van der Waals surface area contributed by atoms with Crippen molar-refractivity contribution >= 4 is 20.6 Å². The Morgan fingerprint density at radius 2 is 1.93 bits per heavy atom. The van der Waals surface area contributed by atoms with Crippen LogP contribution in [0.4, 0.5) is 0 Å². The molecule has 15 heavy (non-hydrogen) atoms. The molecule has 0 fully saturated rings. The van der Waals surface area contributed by atoms with Crippen molar-refractivity contribution in [1.29, 1.82) is 0 Å². The Labute approximate surface area is 99.1 Å².